The van der Waals surface area contributed by atoms with Gasteiger partial charge in [0.15, 0.2) is 0 Å². The average molecular weight is 1240 g/mol. The first kappa shape index (κ1) is 67.3. The normalized spacial score (nSPS) is 18.7. The summed E-state index contributed by atoms with van der Waals surface area (Å²) in [6.07, 6.45) is 16.4. The van der Waals surface area contributed by atoms with Crippen LogP contribution in [0.5, 0.6) is 0 Å². The maximum Gasteiger partial charge on any atom is 0.410 e. The first-order chi connectivity index (χ1) is 41.8. The monoisotopic (exact) mass is 1240 g/mol. The highest BCUT2D eigenvalue weighted by Gasteiger charge is 2.36. The summed E-state index contributed by atoms with van der Waals surface area (Å²) >= 11 is 5.89. The molecule has 4 aliphatic heterocycles. The maximum atomic E-state index is 12.9. The van der Waals surface area contributed by atoms with Crippen LogP contribution in [0.1, 0.15) is 156 Å². The molecule has 4 aromatic heterocycles. The van der Waals surface area contributed by atoms with E-state index < -0.39 is 11.2 Å². The van der Waals surface area contributed by atoms with Gasteiger partial charge in [-0.25, -0.2) is 29.5 Å². The largest absolute Gasteiger partial charge is 0.444 e. The molecule has 0 bridgehead atoms. The third kappa shape index (κ3) is 19.2. The van der Waals surface area contributed by atoms with E-state index in [0.717, 1.165) is 98.5 Å². The molecule has 8 heterocycles. The number of nitrogens with two attached hydrogens (primary N) is 1. The van der Waals surface area contributed by atoms with E-state index in [0.29, 0.717) is 62.5 Å². The minimum atomic E-state index is -0.516. The zero-order valence-corrected chi connectivity index (χ0v) is 55.7. The highest BCUT2D eigenvalue weighted by Crippen LogP contribution is 2.36. The SMILES string of the molecule is CC(C)(C)OC(=O)N1CC[C@H](n2cc(N)cn2)C1.Cc1cc(-c2ccnc(Cl)n2)ccc1CCC(=O)N1CCC(C(C)(C)C)C1.Cc1cc(-c2ccnc(Nc3cnn([C@H]4CCN(C(=O)OC(C)(C)C)C4)c3)n2)ccc1CCC(=O)N1CCC(C(C)(C)C)C1. The van der Waals surface area contributed by atoms with Gasteiger partial charge in [0.2, 0.25) is 23.0 Å². The first-order valence-corrected chi connectivity index (χ1v) is 31.9. The molecule has 10 rings (SSSR count). The molecule has 3 N–H and O–H groups in total. The Morgan fingerprint density at radius 2 is 1.02 bits per heavy atom. The molecule has 0 saturated carbocycles. The highest BCUT2D eigenvalue weighted by molar-refractivity contribution is 6.28. The summed E-state index contributed by atoms with van der Waals surface area (Å²) in [4.78, 5) is 74.8. The van der Waals surface area contributed by atoms with E-state index >= 15 is 0 Å². The number of nitrogens with zero attached hydrogens (tertiary/aromatic N) is 12. The molecular formula is C68H95ClN14O6. The summed E-state index contributed by atoms with van der Waals surface area (Å²) in [7, 11) is 0. The van der Waals surface area contributed by atoms with Gasteiger partial charge < -0.3 is 40.1 Å². The lowest BCUT2D eigenvalue weighted by Crippen LogP contribution is -2.35. The van der Waals surface area contributed by atoms with Crippen molar-refractivity contribution in [1.29, 1.82) is 0 Å². The van der Waals surface area contributed by atoms with Crippen LogP contribution in [-0.4, -0.2) is 147 Å². The molecule has 21 heteroatoms. The number of carbonyl (C=O) groups excluding carboxylic acids is 4. The van der Waals surface area contributed by atoms with Crippen LogP contribution in [0.2, 0.25) is 5.28 Å². The molecule has 4 atom stereocenters. The van der Waals surface area contributed by atoms with Crippen molar-refractivity contribution in [3.05, 3.63) is 113 Å². The van der Waals surface area contributed by atoms with Gasteiger partial charge in [-0.2, -0.15) is 10.2 Å². The number of ether oxygens (including phenoxy) is 2. The Bertz CT molecular complexity index is 3410. The van der Waals surface area contributed by atoms with Gasteiger partial charge in [-0.1, -0.05) is 65.8 Å². The summed E-state index contributed by atoms with van der Waals surface area (Å²) in [5.41, 5.74) is 14.9. The van der Waals surface area contributed by atoms with Crippen molar-refractivity contribution in [3.63, 3.8) is 0 Å². The Balaban J connectivity index is 0.000000192. The smallest absolute Gasteiger partial charge is 0.410 e. The number of aromatic nitrogens is 8. The molecule has 2 unspecified atom stereocenters. The highest BCUT2D eigenvalue weighted by atomic mass is 35.5. The predicted molar refractivity (Wildman–Crippen MR) is 349 cm³/mol. The standard InChI is InChI=1S/C34H47N7O3.C22H28ClN3O.C12H20N4O2/c1-23-18-25(9-8-24(23)10-11-30(42)39-16-13-26(20-39)33(2,3)4)29-12-15-35-31(38-29)37-27-19-36-41(21-27)28-14-17-40(22-28)32(43)44-34(5,6)7;1-15-13-17(19-9-11-24-21(23)25-19)6-5-16(15)7-8-20(27)26-12-10-18(14-26)22(2,3)4;1-12(2,3)18-11(17)15-5-4-10(8-15)16-7-9(13)6-14-16/h8-9,12,15,18-19,21,26,28H,10-11,13-14,16-17,20,22H2,1-7H3,(H,35,37,38);5-6,9,11,13,18H,7-8,10,12,14H2,1-4H3;6-7,10H,4-5,8,13H2,1-3H3/t26?,28-;;10-/m0.0/s1. The number of carbonyl (C=O) groups is 4. The van der Waals surface area contributed by atoms with E-state index in [1.807, 2.05) is 85.1 Å². The number of likely N-dealkylation sites (tertiary alicyclic amines) is 4. The number of rotatable bonds is 12. The van der Waals surface area contributed by atoms with Crippen molar-refractivity contribution in [1.82, 2.24) is 59.1 Å². The summed E-state index contributed by atoms with van der Waals surface area (Å²) in [5.74, 6) is 2.17. The Morgan fingerprint density at radius 3 is 1.45 bits per heavy atom. The van der Waals surface area contributed by atoms with Crippen molar-refractivity contribution < 1.29 is 28.7 Å². The Labute approximate surface area is 531 Å². The minimum Gasteiger partial charge on any atom is -0.444 e. The average Bonchev–Trinajstić information content (AvgIpc) is 3.83. The molecule has 4 aliphatic rings. The van der Waals surface area contributed by atoms with Crippen molar-refractivity contribution in [2.75, 3.05) is 63.4 Å². The maximum absolute atomic E-state index is 12.9. The van der Waals surface area contributed by atoms with Crippen LogP contribution in [0, 0.1) is 36.5 Å². The number of amides is 4. The van der Waals surface area contributed by atoms with E-state index in [1.54, 1.807) is 40.8 Å². The lowest BCUT2D eigenvalue weighted by molar-refractivity contribution is -0.131. The van der Waals surface area contributed by atoms with Crippen LogP contribution in [0.4, 0.5) is 26.9 Å². The number of benzene rings is 2. The van der Waals surface area contributed by atoms with Gasteiger partial charge in [0.25, 0.3) is 0 Å². The second-order valence-electron chi connectivity index (χ2n) is 28.5. The summed E-state index contributed by atoms with van der Waals surface area (Å²) in [5, 5.41) is 12.2. The predicted octanol–water partition coefficient (Wildman–Crippen LogP) is 13.0. The second kappa shape index (κ2) is 28.5. The summed E-state index contributed by atoms with van der Waals surface area (Å²) in [6.45, 7) is 35.0. The van der Waals surface area contributed by atoms with Crippen LogP contribution in [0.25, 0.3) is 22.5 Å². The van der Waals surface area contributed by atoms with E-state index in [9.17, 15) is 19.2 Å². The molecule has 6 aromatic rings. The minimum absolute atomic E-state index is 0.0814. The third-order valence-corrected chi connectivity index (χ3v) is 17.3. The molecule has 4 fully saturated rings. The molecule has 4 amide bonds. The number of aryl methyl sites for hydroxylation is 4. The molecule has 2 aromatic carbocycles. The lowest BCUT2D eigenvalue weighted by atomic mass is 9.80. The number of anilines is 3. The Kier molecular flexibility index (Phi) is 21.5. The zero-order chi connectivity index (χ0) is 64.6. The third-order valence-electron chi connectivity index (χ3n) is 17.2. The zero-order valence-electron chi connectivity index (χ0n) is 55.0. The van der Waals surface area contributed by atoms with Gasteiger partial charge in [0.05, 0.1) is 47.2 Å². The van der Waals surface area contributed by atoms with Crippen LogP contribution in [0.15, 0.2) is 85.7 Å². The van der Waals surface area contributed by atoms with Crippen LogP contribution >= 0.6 is 11.6 Å². The van der Waals surface area contributed by atoms with Gasteiger partial charge in [-0.05, 0) is 175 Å². The summed E-state index contributed by atoms with van der Waals surface area (Å²) in [6, 6.07) is 16.6. The van der Waals surface area contributed by atoms with Crippen molar-refractivity contribution >= 4 is 52.9 Å². The van der Waals surface area contributed by atoms with Crippen molar-refractivity contribution in [2.24, 2.45) is 22.7 Å². The fourth-order valence-electron chi connectivity index (χ4n) is 11.7. The molecule has 20 nitrogen and oxygen atoms in total. The van der Waals surface area contributed by atoms with Gasteiger partial charge in [-0.15, -0.1) is 0 Å². The second-order valence-corrected chi connectivity index (χ2v) is 28.8. The Morgan fingerprint density at radius 1 is 0.573 bits per heavy atom. The number of hydrogen-bond donors (Lipinski definition) is 2. The van der Waals surface area contributed by atoms with Gasteiger partial charge >= 0.3 is 12.2 Å². The fourth-order valence-corrected chi connectivity index (χ4v) is 11.9. The molecule has 0 aliphatic carbocycles. The molecule has 480 valence electrons. The van der Waals surface area contributed by atoms with E-state index in [2.05, 4.69) is 116 Å². The quantitative estimate of drug-likeness (QED) is 0.109. The van der Waals surface area contributed by atoms with E-state index in [1.165, 1.54) is 16.7 Å². The number of hydrogen-bond acceptors (Lipinski definition) is 14. The van der Waals surface area contributed by atoms with Gasteiger partial charge in [0.1, 0.15) is 11.2 Å². The van der Waals surface area contributed by atoms with E-state index in [-0.39, 0.29) is 52.2 Å². The molecular weight excluding hydrogens is 1140 g/mol. The number of halogens is 1. The molecule has 89 heavy (non-hydrogen) atoms. The first-order valence-electron chi connectivity index (χ1n) is 31.5. The van der Waals surface area contributed by atoms with Crippen molar-refractivity contribution in [2.45, 2.75) is 172 Å². The van der Waals surface area contributed by atoms with Crippen LogP contribution in [-0.2, 0) is 31.9 Å². The van der Waals surface area contributed by atoms with Gasteiger partial charge in [-0.3, -0.25) is 19.0 Å². The molecule has 0 radical (unpaired) electrons. The number of nitrogen functional groups attached to an aromatic ring is 1. The van der Waals surface area contributed by atoms with Crippen molar-refractivity contribution in [3.8, 4) is 22.5 Å². The molecule has 4 saturated heterocycles. The van der Waals surface area contributed by atoms with Crippen LogP contribution < -0.4 is 11.1 Å². The lowest BCUT2D eigenvalue weighted by Gasteiger charge is -2.27. The Hall–Kier alpha value is -7.61. The number of nitrogens with one attached hydrogen (secondary N) is 1. The van der Waals surface area contributed by atoms with Crippen LogP contribution in [0.3, 0.4) is 0 Å². The van der Waals surface area contributed by atoms with E-state index in [4.69, 9.17) is 31.8 Å². The fraction of sp³-hybridized carbons (Fsp3) is 0.559. The van der Waals surface area contributed by atoms with Gasteiger partial charge in [0, 0.05) is 101 Å². The topological polar surface area (TPSA) is 225 Å². The molecule has 0 spiro atoms. The summed E-state index contributed by atoms with van der Waals surface area (Å²) < 4.78 is 14.6.